The van der Waals surface area contributed by atoms with Crippen molar-refractivity contribution in [2.75, 3.05) is 83.9 Å². The summed E-state index contributed by atoms with van der Waals surface area (Å²) in [5, 5.41) is 16.9. The standard InChI is InChI=1S/C51H66F2N12O5/c1-33(66)63-23-17-41(40(32-63)49(55)64-20-6-10-35-28-38(36(30-54)31-56-2)39(48(52)53)29-44(35)64)57-37-15-21-62(22-16-37)46(68)12-7-19-61-26-24-60(25-27-61)18-5-9-34-8-4-11-42-47(34)59(3)51(70)65(42)43-13-14-45(67)58-50(43)69/h4,8,11,28-31,37,43,48-49,54,56-57H,6-7,10,12-27,32,55H2,1-3H3,(H,58,67,69)/b36-31+,54-30?/t43-,49?/m0/s1. The number of halogens is 2. The summed E-state index contributed by atoms with van der Waals surface area (Å²) in [5.74, 6) is 5.86. The number of piperazine rings is 1. The van der Waals surface area contributed by atoms with Crippen LogP contribution in [-0.4, -0.2) is 150 Å². The van der Waals surface area contributed by atoms with Gasteiger partial charge in [0, 0.05) is 146 Å². The Kier molecular flexibility index (Phi) is 15.8. The third-order valence-corrected chi connectivity index (χ3v) is 14.6. The molecule has 5 aliphatic rings. The number of imide groups is 1. The van der Waals surface area contributed by atoms with Crippen LogP contribution < -0.4 is 32.3 Å². The zero-order valence-corrected chi connectivity index (χ0v) is 40.5. The van der Waals surface area contributed by atoms with Crippen LogP contribution in [-0.2, 0) is 32.6 Å². The second-order valence-electron chi connectivity index (χ2n) is 19.0. The van der Waals surface area contributed by atoms with Crippen molar-refractivity contribution in [1.29, 1.82) is 5.41 Å². The SMILES string of the molecule is CN/C=C(\C=N)c1cc2c(cc1C(F)F)N(C(N)C1=C(NC3CCN(C(=O)CCCN4CCN(CC#Cc5cccc6c5n(C)c(=O)n6[C@H]5CCC(=O)NC5=O)CC4)CC3)CCN(C(C)=O)C1)CCC2. The van der Waals surface area contributed by atoms with Gasteiger partial charge in [-0.3, -0.25) is 38.5 Å². The van der Waals surface area contributed by atoms with Crippen molar-refractivity contribution in [2.45, 2.75) is 89.4 Å². The smallest absolute Gasteiger partial charge is 0.329 e. The zero-order chi connectivity index (χ0) is 49.6. The van der Waals surface area contributed by atoms with Crippen LogP contribution in [0.4, 0.5) is 14.5 Å². The van der Waals surface area contributed by atoms with Gasteiger partial charge in [-0.25, -0.2) is 13.6 Å². The second kappa shape index (κ2) is 22.2. The Bertz CT molecular complexity index is 2680. The van der Waals surface area contributed by atoms with Crippen LogP contribution in [0.2, 0.25) is 0 Å². The molecule has 2 atom stereocenters. The van der Waals surface area contributed by atoms with E-state index in [1.54, 1.807) is 44.3 Å². The summed E-state index contributed by atoms with van der Waals surface area (Å²) in [5.41, 5.74) is 12.7. The number of carbonyl (C=O) groups excluding carboxylic acids is 4. The number of aromatic nitrogens is 2. The number of nitrogens with one attached hydrogen (secondary N) is 4. The van der Waals surface area contributed by atoms with Gasteiger partial charge in [-0.05, 0) is 80.5 Å². The number of alkyl halides is 2. The molecule has 0 radical (unpaired) electrons. The number of nitrogens with zero attached hydrogens (tertiary/aromatic N) is 7. The predicted molar refractivity (Wildman–Crippen MR) is 265 cm³/mol. The highest BCUT2D eigenvalue weighted by atomic mass is 19.3. The number of allylic oxidation sites excluding steroid dienone is 1. The molecule has 5 aliphatic heterocycles. The molecule has 3 fully saturated rings. The Morgan fingerprint density at radius 2 is 1.73 bits per heavy atom. The molecular weight excluding hydrogens is 899 g/mol. The van der Waals surface area contributed by atoms with Crippen LogP contribution >= 0.6 is 0 Å². The first kappa shape index (κ1) is 50.0. The summed E-state index contributed by atoms with van der Waals surface area (Å²) in [6, 6.07) is 8.16. The van der Waals surface area contributed by atoms with E-state index in [1.165, 1.54) is 15.2 Å². The van der Waals surface area contributed by atoms with Crippen LogP contribution in [0.1, 0.15) is 93.0 Å². The van der Waals surface area contributed by atoms with Gasteiger partial charge in [0.15, 0.2) is 0 Å². The van der Waals surface area contributed by atoms with Crippen LogP contribution in [0, 0.1) is 17.3 Å². The van der Waals surface area contributed by atoms with Gasteiger partial charge in [0.05, 0.1) is 23.1 Å². The second-order valence-corrected chi connectivity index (χ2v) is 19.0. The molecular formula is C51H66F2N12O5. The first-order chi connectivity index (χ1) is 33.8. The molecule has 0 aliphatic carbocycles. The highest BCUT2D eigenvalue weighted by Gasteiger charge is 2.35. The summed E-state index contributed by atoms with van der Waals surface area (Å²) in [6.07, 6.45) is 4.50. The molecule has 6 N–H and O–H groups in total. The monoisotopic (exact) mass is 965 g/mol. The van der Waals surface area contributed by atoms with Gasteiger partial charge in [-0.15, -0.1) is 0 Å². The molecule has 0 bridgehead atoms. The van der Waals surface area contributed by atoms with Crippen molar-refractivity contribution >= 4 is 52.1 Å². The first-order valence-electron chi connectivity index (χ1n) is 24.6. The molecule has 3 aromatic rings. The van der Waals surface area contributed by atoms with Crippen molar-refractivity contribution in [3.63, 3.8) is 0 Å². The van der Waals surface area contributed by atoms with Crippen molar-refractivity contribution < 1.29 is 28.0 Å². The van der Waals surface area contributed by atoms with Gasteiger partial charge >= 0.3 is 5.69 Å². The lowest BCUT2D eigenvalue weighted by Gasteiger charge is -2.42. The molecule has 374 valence electrons. The highest BCUT2D eigenvalue weighted by Crippen LogP contribution is 2.38. The average molecular weight is 965 g/mol. The van der Waals surface area contributed by atoms with Gasteiger partial charge < -0.3 is 41.4 Å². The fourth-order valence-corrected chi connectivity index (χ4v) is 10.7. The molecule has 8 rings (SSSR count). The number of rotatable bonds is 14. The summed E-state index contributed by atoms with van der Waals surface area (Å²) >= 11 is 0. The zero-order valence-electron chi connectivity index (χ0n) is 40.5. The van der Waals surface area contributed by atoms with Crippen LogP contribution in [0.25, 0.3) is 16.6 Å². The number of aryl methyl sites for hydroxylation is 2. The van der Waals surface area contributed by atoms with Gasteiger partial charge in [0.2, 0.25) is 23.6 Å². The normalized spacial score (nSPS) is 20.3. The van der Waals surface area contributed by atoms with E-state index in [4.69, 9.17) is 11.1 Å². The van der Waals surface area contributed by atoms with E-state index in [1.807, 2.05) is 21.9 Å². The molecule has 6 heterocycles. The lowest BCUT2D eigenvalue weighted by molar-refractivity contribution is -0.136. The summed E-state index contributed by atoms with van der Waals surface area (Å²) in [6.45, 7) is 9.12. The van der Waals surface area contributed by atoms with Crippen LogP contribution in [0.15, 0.2) is 52.6 Å². The lowest BCUT2D eigenvalue weighted by atomic mass is 9.91. The average Bonchev–Trinajstić information content (AvgIpc) is 3.61. The minimum absolute atomic E-state index is 0.0523. The van der Waals surface area contributed by atoms with Crippen LogP contribution in [0.3, 0.4) is 0 Å². The maximum atomic E-state index is 14.6. The Morgan fingerprint density at radius 1 is 0.971 bits per heavy atom. The third-order valence-electron chi connectivity index (χ3n) is 14.6. The fraction of sp³-hybridized carbons (Fsp3) is 0.529. The maximum absolute atomic E-state index is 14.6. The summed E-state index contributed by atoms with van der Waals surface area (Å²) < 4.78 is 32.2. The predicted octanol–water partition coefficient (Wildman–Crippen LogP) is 3.04. The molecule has 17 nitrogen and oxygen atoms in total. The Balaban J connectivity index is 0.814. The molecule has 1 aromatic heterocycles. The first-order valence-corrected chi connectivity index (χ1v) is 24.6. The van der Waals surface area contributed by atoms with Gasteiger partial charge in [0.1, 0.15) is 12.2 Å². The maximum Gasteiger partial charge on any atom is 0.329 e. The van der Waals surface area contributed by atoms with Crippen molar-refractivity contribution in [3.05, 3.63) is 80.5 Å². The van der Waals surface area contributed by atoms with Crippen molar-refractivity contribution in [1.82, 2.24) is 44.7 Å². The molecule has 3 saturated heterocycles. The number of para-hydroxylation sites is 1. The molecule has 1 unspecified atom stereocenters. The number of piperidine rings is 2. The number of benzene rings is 2. The van der Waals surface area contributed by atoms with Crippen molar-refractivity contribution in [2.24, 2.45) is 12.8 Å². The largest absolute Gasteiger partial charge is 0.393 e. The van der Waals surface area contributed by atoms with E-state index >= 15 is 0 Å². The third kappa shape index (κ3) is 10.8. The van der Waals surface area contributed by atoms with Gasteiger partial charge in [0.25, 0.3) is 6.43 Å². The minimum Gasteiger partial charge on any atom is -0.393 e. The van der Waals surface area contributed by atoms with Gasteiger partial charge in [-0.1, -0.05) is 17.9 Å². The molecule has 4 amide bonds. The van der Waals surface area contributed by atoms with E-state index < -0.39 is 24.5 Å². The topological polar surface area (TPSA) is 197 Å². The van der Waals surface area contributed by atoms with Crippen LogP contribution in [0.5, 0.6) is 0 Å². The number of carbonyl (C=O) groups is 4. The number of likely N-dealkylation sites (tertiary alicyclic amines) is 1. The van der Waals surface area contributed by atoms with Crippen molar-refractivity contribution in [3.8, 4) is 11.8 Å². The number of amides is 4. The molecule has 19 heteroatoms. The molecule has 0 saturated carbocycles. The highest BCUT2D eigenvalue weighted by molar-refractivity contribution is 6.09. The van der Waals surface area contributed by atoms with E-state index in [-0.39, 0.29) is 47.9 Å². The molecule has 2 aromatic carbocycles. The quantitative estimate of drug-likeness (QED) is 0.0906. The van der Waals surface area contributed by atoms with E-state index in [9.17, 15) is 32.8 Å². The Labute approximate surface area is 407 Å². The van der Waals surface area contributed by atoms with E-state index in [2.05, 4.69) is 37.6 Å². The van der Waals surface area contributed by atoms with E-state index in [0.29, 0.717) is 92.0 Å². The number of fused-ring (bicyclic) bond motifs is 2. The molecule has 0 spiro atoms. The van der Waals surface area contributed by atoms with Gasteiger partial charge in [-0.2, -0.15) is 0 Å². The number of nitrogens with two attached hydrogens (primary N) is 1. The number of anilines is 1. The summed E-state index contributed by atoms with van der Waals surface area (Å²) in [7, 11) is 3.34. The fourth-order valence-electron chi connectivity index (χ4n) is 10.7. The Morgan fingerprint density at radius 3 is 2.43 bits per heavy atom. The van der Waals surface area contributed by atoms with E-state index in [0.717, 1.165) is 81.5 Å². The number of hydrogen-bond donors (Lipinski definition) is 5. The number of hydrogen-bond acceptors (Lipinski definition) is 12. The summed E-state index contributed by atoms with van der Waals surface area (Å²) in [4.78, 5) is 74.2. The minimum atomic E-state index is -2.76. The molecule has 70 heavy (non-hydrogen) atoms. The lowest BCUT2D eigenvalue weighted by Crippen LogP contribution is -2.53. The Hall–Kier alpha value is -6.36. The number of imidazole rings is 1.